The zero-order valence-electron chi connectivity index (χ0n) is 29.2. The Hall–Kier alpha value is -4.46. The van der Waals surface area contributed by atoms with Gasteiger partial charge >= 0.3 is 11.8 Å². The Labute approximate surface area is 287 Å². The number of carbonyl (C=O) groups is 1. The Morgan fingerprint density at radius 3 is 2.29 bits per heavy atom. The van der Waals surface area contributed by atoms with E-state index >= 15 is 4.39 Å². The smallest absolute Gasteiger partial charge is 0.415 e. The first kappa shape index (κ1) is 35.8. The highest BCUT2D eigenvalue weighted by molar-refractivity contribution is 6.74. The van der Waals surface area contributed by atoms with Crippen LogP contribution in [-0.2, 0) is 17.6 Å². The van der Waals surface area contributed by atoms with Gasteiger partial charge in [0.1, 0.15) is 23.1 Å². The predicted molar refractivity (Wildman–Crippen MR) is 188 cm³/mol. The van der Waals surface area contributed by atoms with E-state index < -0.39 is 25.9 Å². The molecule has 0 atom stereocenters. The molecule has 0 spiro atoms. The summed E-state index contributed by atoms with van der Waals surface area (Å²) in [5, 5.41) is 27.4. The molecule has 0 saturated carbocycles. The van der Waals surface area contributed by atoms with Gasteiger partial charge in [0.15, 0.2) is 14.1 Å². The van der Waals surface area contributed by atoms with Crippen LogP contribution < -0.4 is 10.4 Å². The molecule has 13 heteroatoms. The number of ether oxygens (including phenoxy) is 1. The summed E-state index contributed by atoms with van der Waals surface area (Å²) in [6.07, 6.45) is -0.429. The number of H-pyrrole nitrogens is 1. The number of hydrogen-bond donors (Lipinski definition) is 3. The van der Waals surface area contributed by atoms with Gasteiger partial charge in [0.2, 0.25) is 0 Å². The van der Waals surface area contributed by atoms with Crippen LogP contribution in [-0.4, -0.2) is 75.4 Å². The fourth-order valence-corrected chi connectivity index (χ4v) is 6.35. The van der Waals surface area contributed by atoms with Gasteiger partial charge in [-0.05, 0) is 65.5 Å². The van der Waals surface area contributed by atoms with Gasteiger partial charge in [0.05, 0.1) is 17.9 Å². The molecule has 2 heterocycles. The van der Waals surface area contributed by atoms with Crippen LogP contribution in [0, 0.1) is 5.82 Å². The summed E-state index contributed by atoms with van der Waals surface area (Å²) in [5.74, 6) is -0.338. The number of nitrogens with one attached hydrogen (secondary N) is 1. The number of benzene rings is 3. The maximum atomic E-state index is 15.5. The van der Waals surface area contributed by atoms with Gasteiger partial charge < -0.3 is 24.3 Å². The summed E-state index contributed by atoms with van der Waals surface area (Å²) >= 11 is 0. The second kappa shape index (κ2) is 14.2. The molecule has 1 saturated heterocycles. The van der Waals surface area contributed by atoms with Crippen molar-refractivity contribution in [1.82, 2.24) is 24.6 Å². The second-order valence-corrected chi connectivity index (χ2v) is 19.2. The molecule has 11 nitrogen and oxygen atoms in total. The van der Waals surface area contributed by atoms with E-state index in [-0.39, 0.29) is 39.5 Å². The molecule has 1 aromatic heterocycles. The molecule has 5 rings (SSSR count). The lowest BCUT2D eigenvalue weighted by Crippen LogP contribution is -2.49. The number of hydrogen-bond acceptors (Lipinski definition) is 8. The number of aromatic hydroxyl groups is 2. The summed E-state index contributed by atoms with van der Waals surface area (Å²) in [6.45, 7) is 17.6. The van der Waals surface area contributed by atoms with Crippen LogP contribution in [0.15, 0.2) is 59.4 Å². The van der Waals surface area contributed by atoms with Crippen LogP contribution >= 0.6 is 0 Å². The first-order valence-electron chi connectivity index (χ1n) is 16.5. The number of piperazine rings is 1. The van der Waals surface area contributed by atoms with Crippen LogP contribution in [0.25, 0.3) is 17.1 Å². The Kier molecular flexibility index (Phi) is 10.4. The molecule has 0 aliphatic carbocycles. The average molecular weight is 692 g/mol. The highest BCUT2D eigenvalue weighted by Crippen LogP contribution is 2.38. The molecule has 0 radical (unpaired) electrons. The van der Waals surface area contributed by atoms with Crippen molar-refractivity contribution in [2.24, 2.45) is 0 Å². The SMILES string of the molecule is CC(C)c1cc(-c2n[nH]c(=O)n2-c2ccc(CN3CCN(C(=O)Oc4ccc(CO[Si](C)(C)C(C)(C)C)cc4)CC3)c(F)c2)c(O)cc1O. The van der Waals surface area contributed by atoms with Crippen molar-refractivity contribution >= 4 is 14.4 Å². The first-order valence-corrected chi connectivity index (χ1v) is 19.4. The van der Waals surface area contributed by atoms with Crippen LogP contribution in [0.3, 0.4) is 0 Å². The van der Waals surface area contributed by atoms with E-state index in [0.29, 0.717) is 56.2 Å². The van der Waals surface area contributed by atoms with E-state index in [0.717, 1.165) is 5.56 Å². The minimum atomic E-state index is -1.87. The maximum absolute atomic E-state index is 15.5. The molecule has 0 unspecified atom stereocenters. The van der Waals surface area contributed by atoms with Gasteiger partial charge in [0.25, 0.3) is 0 Å². The molecule has 1 amide bonds. The lowest BCUT2D eigenvalue weighted by Gasteiger charge is -2.36. The molecule has 1 fully saturated rings. The minimum Gasteiger partial charge on any atom is -0.508 e. The first-order chi connectivity index (χ1) is 23.0. The number of aromatic nitrogens is 3. The number of phenolic OH excluding ortho intramolecular Hbond substituents is 2. The number of nitrogens with zero attached hydrogens (tertiary/aromatic N) is 4. The van der Waals surface area contributed by atoms with Gasteiger partial charge in [0, 0.05) is 44.4 Å². The highest BCUT2D eigenvalue weighted by Gasteiger charge is 2.37. The standard InChI is InChI=1S/C36H46FN5O6Si/c1-23(2)28-19-29(32(44)20-31(28)43)33-38-39-34(45)42(33)26-11-10-25(30(37)18-26)21-40-14-16-41(17-15-40)35(46)48-27-12-8-24(9-13-27)22-47-49(6,7)36(3,4)5/h8-13,18-20,23,43-44H,14-17,21-22H2,1-7H3,(H,39,45). The van der Waals surface area contributed by atoms with Gasteiger partial charge in [-0.15, -0.1) is 0 Å². The van der Waals surface area contributed by atoms with Crippen molar-refractivity contribution in [1.29, 1.82) is 0 Å². The van der Waals surface area contributed by atoms with Gasteiger partial charge in [-0.2, -0.15) is 5.10 Å². The number of carbonyl (C=O) groups excluding carboxylic acids is 1. The predicted octanol–water partition coefficient (Wildman–Crippen LogP) is 6.74. The molecule has 49 heavy (non-hydrogen) atoms. The van der Waals surface area contributed by atoms with Gasteiger partial charge in [-0.3, -0.25) is 4.90 Å². The van der Waals surface area contributed by atoms with Crippen molar-refractivity contribution in [2.45, 2.75) is 71.8 Å². The topological polar surface area (TPSA) is 133 Å². The quantitative estimate of drug-likeness (QED) is 0.165. The van der Waals surface area contributed by atoms with Crippen molar-refractivity contribution < 1.29 is 28.6 Å². The molecule has 1 aliphatic rings. The zero-order chi connectivity index (χ0) is 35.7. The van der Waals surface area contributed by atoms with E-state index in [1.807, 2.05) is 26.0 Å². The fraction of sp³-hybridized carbons (Fsp3) is 0.417. The second-order valence-electron chi connectivity index (χ2n) is 14.4. The average Bonchev–Trinajstić information content (AvgIpc) is 3.42. The number of phenols is 2. The van der Waals surface area contributed by atoms with Crippen LogP contribution in [0.1, 0.15) is 57.2 Å². The number of aromatic amines is 1. The van der Waals surface area contributed by atoms with Crippen molar-refractivity contribution in [3.05, 3.63) is 87.6 Å². The number of halogens is 1. The summed E-state index contributed by atoms with van der Waals surface area (Å²) in [6, 6.07) is 14.7. The van der Waals surface area contributed by atoms with Crippen molar-refractivity contribution in [3.63, 3.8) is 0 Å². The van der Waals surface area contributed by atoms with Crippen LogP contribution in [0.5, 0.6) is 17.2 Å². The van der Waals surface area contributed by atoms with Crippen LogP contribution in [0.4, 0.5) is 9.18 Å². The third kappa shape index (κ3) is 8.06. The molecule has 3 aromatic carbocycles. The number of amides is 1. The summed E-state index contributed by atoms with van der Waals surface area (Å²) in [4.78, 5) is 29.3. The Bertz CT molecular complexity index is 1860. The van der Waals surface area contributed by atoms with Crippen molar-refractivity contribution in [3.8, 4) is 34.3 Å². The molecule has 262 valence electrons. The van der Waals surface area contributed by atoms with E-state index in [4.69, 9.17) is 9.16 Å². The Balaban J connectivity index is 1.18. The van der Waals surface area contributed by atoms with E-state index in [1.165, 1.54) is 16.7 Å². The third-order valence-electron chi connectivity index (χ3n) is 9.53. The normalized spacial score (nSPS) is 14.4. The fourth-order valence-electron chi connectivity index (χ4n) is 5.39. The lowest BCUT2D eigenvalue weighted by atomic mass is 9.98. The largest absolute Gasteiger partial charge is 0.508 e. The van der Waals surface area contributed by atoms with Crippen LogP contribution in [0.2, 0.25) is 18.1 Å². The molecular weight excluding hydrogens is 646 g/mol. The van der Waals surface area contributed by atoms with Gasteiger partial charge in [-0.1, -0.05) is 52.8 Å². The highest BCUT2D eigenvalue weighted by atomic mass is 28.4. The summed E-state index contributed by atoms with van der Waals surface area (Å²) in [7, 11) is -1.87. The Morgan fingerprint density at radius 1 is 1.00 bits per heavy atom. The molecule has 4 aromatic rings. The number of rotatable bonds is 9. The lowest BCUT2D eigenvalue weighted by molar-refractivity contribution is 0.107. The van der Waals surface area contributed by atoms with E-state index in [2.05, 4.69) is 49.0 Å². The van der Waals surface area contributed by atoms with Gasteiger partial charge in [-0.25, -0.2) is 23.6 Å². The molecule has 0 bridgehead atoms. The molecule has 3 N–H and O–H groups in total. The van der Waals surface area contributed by atoms with Crippen molar-refractivity contribution in [2.75, 3.05) is 26.2 Å². The maximum Gasteiger partial charge on any atom is 0.415 e. The van der Waals surface area contributed by atoms with E-state index in [9.17, 15) is 19.8 Å². The monoisotopic (exact) mass is 691 g/mol. The zero-order valence-corrected chi connectivity index (χ0v) is 30.2. The molecule has 1 aliphatic heterocycles. The van der Waals surface area contributed by atoms with E-state index in [1.54, 1.807) is 35.2 Å². The molecular formula is C36H46FN5O6Si. The Morgan fingerprint density at radius 2 is 1.67 bits per heavy atom. The third-order valence-corrected chi connectivity index (χ3v) is 14.0. The minimum absolute atomic E-state index is 0.0570. The summed E-state index contributed by atoms with van der Waals surface area (Å²) < 4.78 is 28.5. The summed E-state index contributed by atoms with van der Waals surface area (Å²) in [5.41, 5.74) is 1.89.